The van der Waals surface area contributed by atoms with E-state index >= 15 is 0 Å². The first-order chi connectivity index (χ1) is 8.31. The Labute approximate surface area is 101 Å². The van der Waals surface area contributed by atoms with Crippen LogP contribution < -0.4 is 0 Å². The SMILES string of the molecule is OCC(Cc1ccccc1)c1ccccc1F. The quantitative estimate of drug-likeness (QED) is 0.855. The zero-order chi connectivity index (χ0) is 12.1. The molecule has 1 atom stereocenters. The molecule has 0 saturated heterocycles. The summed E-state index contributed by atoms with van der Waals surface area (Å²) in [5.41, 5.74) is 1.69. The lowest BCUT2D eigenvalue weighted by atomic mass is 9.92. The van der Waals surface area contributed by atoms with Crippen LogP contribution in [0.25, 0.3) is 0 Å². The first-order valence-corrected chi connectivity index (χ1v) is 5.70. The lowest BCUT2D eigenvalue weighted by Gasteiger charge is -2.15. The Bertz CT molecular complexity index is 467. The van der Waals surface area contributed by atoms with Gasteiger partial charge in [0.2, 0.25) is 0 Å². The van der Waals surface area contributed by atoms with Crippen LogP contribution in [0.1, 0.15) is 17.0 Å². The van der Waals surface area contributed by atoms with E-state index in [-0.39, 0.29) is 18.3 Å². The highest BCUT2D eigenvalue weighted by atomic mass is 19.1. The lowest BCUT2D eigenvalue weighted by molar-refractivity contribution is 0.261. The van der Waals surface area contributed by atoms with Crippen LogP contribution in [0.4, 0.5) is 4.39 Å². The Balaban J connectivity index is 2.21. The highest BCUT2D eigenvalue weighted by molar-refractivity contribution is 5.25. The maximum Gasteiger partial charge on any atom is 0.126 e. The molecule has 0 radical (unpaired) electrons. The van der Waals surface area contributed by atoms with Gasteiger partial charge in [0.1, 0.15) is 5.82 Å². The maximum absolute atomic E-state index is 13.6. The molecule has 0 spiro atoms. The Morgan fingerprint density at radius 3 is 2.24 bits per heavy atom. The Morgan fingerprint density at radius 1 is 0.941 bits per heavy atom. The van der Waals surface area contributed by atoms with Gasteiger partial charge in [-0.2, -0.15) is 0 Å². The zero-order valence-electron chi connectivity index (χ0n) is 9.51. The lowest BCUT2D eigenvalue weighted by Crippen LogP contribution is -2.09. The smallest absolute Gasteiger partial charge is 0.126 e. The van der Waals surface area contributed by atoms with Crippen molar-refractivity contribution in [2.75, 3.05) is 6.61 Å². The average molecular weight is 230 g/mol. The fourth-order valence-electron chi connectivity index (χ4n) is 1.98. The van der Waals surface area contributed by atoms with Crippen molar-refractivity contribution >= 4 is 0 Å². The van der Waals surface area contributed by atoms with Gasteiger partial charge in [-0.3, -0.25) is 0 Å². The van der Waals surface area contributed by atoms with Crippen LogP contribution in [-0.2, 0) is 6.42 Å². The van der Waals surface area contributed by atoms with Crippen molar-refractivity contribution in [1.82, 2.24) is 0 Å². The van der Waals surface area contributed by atoms with Gasteiger partial charge < -0.3 is 5.11 Å². The molecule has 0 aliphatic carbocycles. The van der Waals surface area contributed by atoms with E-state index in [4.69, 9.17) is 0 Å². The third-order valence-corrected chi connectivity index (χ3v) is 2.89. The molecule has 0 amide bonds. The molecule has 2 aromatic rings. The van der Waals surface area contributed by atoms with Crippen LogP contribution >= 0.6 is 0 Å². The van der Waals surface area contributed by atoms with Crippen molar-refractivity contribution in [2.24, 2.45) is 0 Å². The van der Waals surface area contributed by atoms with Crippen LogP contribution in [0.5, 0.6) is 0 Å². The minimum absolute atomic E-state index is 0.0458. The normalized spacial score (nSPS) is 12.4. The Kier molecular flexibility index (Phi) is 3.89. The van der Waals surface area contributed by atoms with E-state index in [9.17, 15) is 9.50 Å². The zero-order valence-corrected chi connectivity index (χ0v) is 9.51. The molecule has 88 valence electrons. The van der Waals surface area contributed by atoms with Crippen molar-refractivity contribution in [3.63, 3.8) is 0 Å². The monoisotopic (exact) mass is 230 g/mol. The van der Waals surface area contributed by atoms with Crippen LogP contribution in [0.15, 0.2) is 54.6 Å². The van der Waals surface area contributed by atoms with Gasteiger partial charge in [-0.1, -0.05) is 48.5 Å². The molecule has 2 rings (SSSR count). The summed E-state index contributed by atoms with van der Waals surface area (Å²) in [7, 11) is 0. The summed E-state index contributed by atoms with van der Waals surface area (Å²) in [5, 5.41) is 9.40. The summed E-state index contributed by atoms with van der Waals surface area (Å²) < 4.78 is 13.6. The van der Waals surface area contributed by atoms with Gasteiger partial charge in [0, 0.05) is 5.92 Å². The average Bonchev–Trinajstić information content (AvgIpc) is 2.38. The summed E-state index contributed by atoms with van der Waals surface area (Å²) in [4.78, 5) is 0. The van der Waals surface area contributed by atoms with E-state index in [1.54, 1.807) is 18.2 Å². The maximum atomic E-state index is 13.6. The topological polar surface area (TPSA) is 20.2 Å². The van der Waals surface area contributed by atoms with Gasteiger partial charge in [-0.05, 0) is 23.6 Å². The molecule has 0 aliphatic rings. The van der Waals surface area contributed by atoms with Crippen LogP contribution in [0, 0.1) is 5.82 Å². The second kappa shape index (κ2) is 5.60. The Morgan fingerprint density at radius 2 is 1.59 bits per heavy atom. The van der Waals surface area contributed by atoms with Crippen molar-refractivity contribution < 1.29 is 9.50 Å². The number of rotatable bonds is 4. The van der Waals surface area contributed by atoms with Gasteiger partial charge in [-0.25, -0.2) is 4.39 Å². The molecule has 0 aliphatic heterocycles. The summed E-state index contributed by atoms with van der Waals surface area (Å²) in [6, 6.07) is 16.5. The Hall–Kier alpha value is -1.67. The summed E-state index contributed by atoms with van der Waals surface area (Å²) in [6.07, 6.45) is 0.651. The number of halogens is 1. The molecule has 0 saturated carbocycles. The molecule has 0 aromatic heterocycles. The molecule has 0 heterocycles. The second-order valence-electron chi connectivity index (χ2n) is 4.09. The van der Waals surface area contributed by atoms with Gasteiger partial charge in [0.25, 0.3) is 0 Å². The fourth-order valence-corrected chi connectivity index (χ4v) is 1.98. The standard InChI is InChI=1S/C15H15FO/c16-15-9-5-4-8-14(15)13(11-17)10-12-6-2-1-3-7-12/h1-9,13,17H,10-11H2. The van der Waals surface area contributed by atoms with E-state index < -0.39 is 0 Å². The number of aliphatic hydroxyl groups is 1. The molecule has 2 heteroatoms. The molecular formula is C15H15FO. The van der Waals surface area contributed by atoms with E-state index in [2.05, 4.69) is 0 Å². The van der Waals surface area contributed by atoms with Crippen LogP contribution in [0.2, 0.25) is 0 Å². The number of benzene rings is 2. The van der Waals surface area contributed by atoms with Crippen molar-refractivity contribution in [3.8, 4) is 0 Å². The molecule has 17 heavy (non-hydrogen) atoms. The summed E-state index contributed by atoms with van der Waals surface area (Å²) >= 11 is 0. The first kappa shape index (κ1) is 11.8. The highest BCUT2D eigenvalue weighted by Crippen LogP contribution is 2.22. The largest absolute Gasteiger partial charge is 0.396 e. The number of hydrogen-bond donors (Lipinski definition) is 1. The second-order valence-corrected chi connectivity index (χ2v) is 4.09. The van der Waals surface area contributed by atoms with E-state index in [0.717, 1.165) is 5.56 Å². The number of aliphatic hydroxyl groups excluding tert-OH is 1. The van der Waals surface area contributed by atoms with Crippen molar-refractivity contribution in [2.45, 2.75) is 12.3 Å². The third kappa shape index (κ3) is 2.92. The fraction of sp³-hybridized carbons (Fsp3) is 0.200. The van der Waals surface area contributed by atoms with Gasteiger partial charge >= 0.3 is 0 Å². The van der Waals surface area contributed by atoms with E-state index in [0.29, 0.717) is 12.0 Å². The van der Waals surface area contributed by atoms with Gasteiger partial charge in [-0.15, -0.1) is 0 Å². The molecule has 1 unspecified atom stereocenters. The first-order valence-electron chi connectivity index (χ1n) is 5.70. The minimum Gasteiger partial charge on any atom is -0.396 e. The predicted molar refractivity (Wildman–Crippen MR) is 66.4 cm³/mol. The van der Waals surface area contributed by atoms with Gasteiger partial charge in [0.05, 0.1) is 6.61 Å². The van der Waals surface area contributed by atoms with Crippen molar-refractivity contribution in [1.29, 1.82) is 0 Å². The highest BCUT2D eigenvalue weighted by Gasteiger charge is 2.14. The molecule has 2 aromatic carbocycles. The molecule has 0 bridgehead atoms. The van der Waals surface area contributed by atoms with E-state index in [1.807, 2.05) is 30.3 Å². The van der Waals surface area contributed by atoms with Crippen LogP contribution in [-0.4, -0.2) is 11.7 Å². The summed E-state index contributed by atoms with van der Waals surface area (Å²) in [6.45, 7) is -0.0458. The van der Waals surface area contributed by atoms with Gasteiger partial charge in [0.15, 0.2) is 0 Å². The minimum atomic E-state index is -0.248. The molecule has 0 fully saturated rings. The third-order valence-electron chi connectivity index (χ3n) is 2.89. The number of hydrogen-bond acceptors (Lipinski definition) is 1. The summed E-state index contributed by atoms with van der Waals surface area (Å²) in [5.74, 6) is -0.430. The predicted octanol–water partition coefficient (Wildman–Crippen LogP) is 3.14. The van der Waals surface area contributed by atoms with Crippen LogP contribution in [0.3, 0.4) is 0 Å². The van der Waals surface area contributed by atoms with Crippen molar-refractivity contribution in [3.05, 3.63) is 71.5 Å². The molecule has 1 N–H and O–H groups in total. The molecule has 1 nitrogen and oxygen atoms in total. The van der Waals surface area contributed by atoms with E-state index in [1.165, 1.54) is 6.07 Å². The molecular weight excluding hydrogens is 215 g/mol.